The van der Waals surface area contributed by atoms with Gasteiger partial charge in [-0.2, -0.15) is 0 Å². The minimum absolute atomic E-state index is 0.0725. The lowest BCUT2D eigenvalue weighted by Crippen LogP contribution is -2.53. The number of piperazine rings is 1. The van der Waals surface area contributed by atoms with Gasteiger partial charge in [-0.05, 0) is 44.9 Å². The maximum atomic E-state index is 12.6. The van der Waals surface area contributed by atoms with Gasteiger partial charge in [0, 0.05) is 50.9 Å². The van der Waals surface area contributed by atoms with E-state index >= 15 is 0 Å². The molecule has 174 valence electrons. The number of aromatic nitrogens is 2. The fourth-order valence-electron chi connectivity index (χ4n) is 4.70. The number of hydrogen-bond acceptors (Lipinski definition) is 4. The van der Waals surface area contributed by atoms with Crippen molar-refractivity contribution in [2.45, 2.75) is 64.6 Å². The first-order valence-electron chi connectivity index (χ1n) is 11.9. The number of urea groups is 1. The molecule has 0 radical (unpaired) electrons. The van der Waals surface area contributed by atoms with Gasteiger partial charge >= 0.3 is 6.03 Å². The highest BCUT2D eigenvalue weighted by molar-refractivity contribution is 5.97. The standard InChI is InChI=1S/C24H36N6O2/c1-17(2)25-23(31)18-9-10-21-20(15-18)27-22(28(21)3)16-29-11-13-30(14-12-29)24(32)26-19-7-5-4-6-8-19/h9-10,15,17,19H,4-8,11-14,16H2,1-3H3,(H,25,31)(H,26,32). The van der Waals surface area contributed by atoms with Crippen molar-refractivity contribution in [1.82, 2.24) is 30.0 Å². The molecule has 8 nitrogen and oxygen atoms in total. The Balaban J connectivity index is 1.34. The van der Waals surface area contributed by atoms with Gasteiger partial charge in [0.25, 0.3) is 5.91 Å². The van der Waals surface area contributed by atoms with Crippen molar-refractivity contribution in [2.24, 2.45) is 7.05 Å². The predicted molar refractivity (Wildman–Crippen MR) is 126 cm³/mol. The van der Waals surface area contributed by atoms with Crippen molar-refractivity contribution in [3.05, 3.63) is 29.6 Å². The normalized spacial score (nSPS) is 18.3. The van der Waals surface area contributed by atoms with Crippen LogP contribution in [-0.4, -0.2) is 69.6 Å². The van der Waals surface area contributed by atoms with E-state index in [1.54, 1.807) is 0 Å². The van der Waals surface area contributed by atoms with E-state index in [1.807, 2.05) is 44.0 Å². The average molecular weight is 441 g/mol. The fourth-order valence-corrected chi connectivity index (χ4v) is 4.70. The number of amides is 3. The molecule has 1 aromatic heterocycles. The number of aryl methyl sites for hydroxylation is 1. The number of nitrogens with one attached hydrogen (secondary N) is 2. The molecule has 1 aliphatic heterocycles. The Bertz CT molecular complexity index is 955. The third-order valence-corrected chi connectivity index (χ3v) is 6.61. The van der Waals surface area contributed by atoms with Gasteiger partial charge in [-0.25, -0.2) is 9.78 Å². The van der Waals surface area contributed by atoms with Crippen LogP contribution in [0.5, 0.6) is 0 Å². The molecule has 2 N–H and O–H groups in total. The highest BCUT2D eigenvalue weighted by atomic mass is 16.2. The molecule has 8 heteroatoms. The number of benzene rings is 1. The summed E-state index contributed by atoms with van der Waals surface area (Å²) in [6, 6.07) is 6.22. The summed E-state index contributed by atoms with van der Waals surface area (Å²) in [4.78, 5) is 34.0. The topological polar surface area (TPSA) is 82.5 Å². The van der Waals surface area contributed by atoms with Crippen LogP contribution in [0, 0.1) is 0 Å². The van der Waals surface area contributed by atoms with E-state index in [0.717, 1.165) is 62.4 Å². The Morgan fingerprint density at radius 2 is 1.81 bits per heavy atom. The molecule has 32 heavy (non-hydrogen) atoms. The molecule has 1 saturated carbocycles. The number of rotatable bonds is 5. The highest BCUT2D eigenvalue weighted by Crippen LogP contribution is 2.20. The van der Waals surface area contributed by atoms with Crippen molar-refractivity contribution < 1.29 is 9.59 Å². The summed E-state index contributed by atoms with van der Waals surface area (Å²) in [5.74, 6) is 0.901. The second kappa shape index (κ2) is 9.90. The summed E-state index contributed by atoms with van der Waals surface area (Å²) in [7, 11) is 2.02. The molecule has 1 aromatic carbocycles. The Morgan fingerprint density at radius 1 is 1.09 bits per heavy atom. The van der Waals surface area contributed by atoms with Gasteiger partial charge in [0.05, 0.1) is 17.6 Å². The lowest BCUT2D eigenvalue weighted by atomic mass is 9.96. The SMILES string of the molecule is CC(C)NC(=O)c1ccc2c(c1)nc(CN1CCN(C(=O)NC3CCCCC3)CC1)n2C. The monoisotopic (exact) mass is 440 g/mol. The van der Waals surface area contributed by atoms with Gasteiger partial charge in [0.1, 0.15) is 5.82 Å². The molecule has 0 unspecified atom stereocenters. The molecular formula is C24H36N6O2. The summed E-state index contributed by atoms with van der Waals surface area (Å²) in [6.45, 7) is 7.79. The largest absolute Gasteiger partial charge is 0.350 e. The highest BCUT2D eigenvalue weighted by Gasteiger charge is 2.25. The molecule has 4 rings (SSSR count). The van der Waals surface area contributed by atoms with Crippen LogP contribution in [0.4, 0.5) is 4.79 Å². The van der Waals surface area contributed by atoms with Gasteiger partial charge in [-0.15, -0.1) is 0 Å². The van der Waals surface area contributed by atoms with Gasteiger partial charge in [0.15, 0.2) is 0 Å². The predicted octanol–water partition coefficient (Wildman–Crippen LogP) is 2.87. The Hall–Kier alpha value is -2.61. The van der Waals surface area contributed by atoms with E-state index in [2.05, 4.69) is 20.1 Å². The number of nitrogens with zero attached hydrogens (tertiary/aromatic N) is 4. The minimum Gasteiger partial charge on any atom is -0.350 e. The van der Waals surface area contributed by atoms with Crippen LogP contribution in [0.3, 0.4) is 0 Å². The summed E-state index contributed by atoms with van der Waals surface area (Å²) in [6.07, 6.45) is 5.96. The summed E-state index contributed by atoms with van der Waals surface area (Å²) < 4.78 is 2.10. The minimum atomic E-state index is -0.0725. The van der Waals surface area contributed by atoms with E-state index in [0.29, 0.717) is 11.6 Å². The molecule has 0 spiro atoms. The van der Waals surface area contributed by atoms with Crippen LogP contribution in [0.25, 0.3) is 11.0 Å². The lowest BCUT2D eigenvalue weighted by Gasteiger charge is -2.35. The van der Waals surface area contributed by atoms with Crippen molar-refractivity contribution in [2.75, 3.05) is 26.2 Å². The van der Waals surface area contributed by atoms with Crippen LogP contribution in [0.15, 0.2) is 18.2 Å². The smallest absolute Gasteiger partial charge is 0.317 e. The molecule has 0 bridgehead atoms. The van der Waals surface area contributed by atoms with E-state index in [1.165, 1.54) is 19.3 Å². The van der Waals surface area contributed by atoms with Crippen molar-refractivity contribution in [3.63, 3.8) is 0 Å². The van der Waals surface area contributed by atoms with Crippen LogP contribution < -0.4 is 10.6 Å². The van der Waals surface area contributed by atoms with E-state index < -0.39 is 0 Å². The molecule has 1 aliphatic carbocycles. The van der Waals surface area contributed by atoms with E-state index in [9.17, 15) is 9.59 Å². The molecule has 2 heterocycles. The van der Waals surface area contributed by atoms with E-state index in [-0.39, 0.29) is 18.0 Å². The van der Waals surface area contributed by atoms with Crippen molar-refractivity contribution in [3.8, 4) is 0 Å². The van der Waals surface area contributed by atoms with Gasteiger partial charge in [-0.1, -0.05) is 19.3 Å². The first-order valence-corrected chi connectivity index (χ1v) is 11.9. The fraction of sp³-hybridized carbons (Fsp3) is 0.625. The molecule has 1 saturated heterocycles. The van der Waals surface area contributed by atoms with Crippen molar-refractivity contribution >= 4 is 23.0 Å². The summed E-state index contributed by atoms with van der Waals surface area (Å²) in [5, 5.41) is 6.16. The average Bonchev–Trinajstić information content (AvgIpc) is 3.09. The molecule has 0 atom stereocenters. The quantitative estimate of drug-likeness (QED) is 0.749. The first-order chi connectivity index (χ1) is 15.4. The first kappa shape index (κ1) is 22.6. The molecule has 2 aromatic rings. The second-order valence-corrected chi connectivity index (χ2v) is 9.47. The maximum Gasteiger partial charge on any atom is 0.317 e. The van der Waals surface area contributed by atoms with Gasteiger partial charge < -0.3 is 20.1 Å². The maximum absolute atomic E-state index is 12.6. The van der Waals surface area contributed by atoms with Crippen LogP contribution in [0.1, 0.15) is 62.1 Å². The number of hydrogen-bond donors (Lipinski definition) is 2. The number of imidazole rings is 1. The third-order valence-electron chi connectivity index (χ3n) is 6.61. The molecule has 2 aliphatic rings. The third kappa shape index (κ3) is 5.23. The molecule has 3 amide bonds. The van der Waals surface area contributed by atoms with Crippen LogP contribution >= 0.6 is 0 Å². The zero-order valence-electron chi connectivity index (χ0n) is 19.6. The summed E-state index contributed by atoms with van der Waals surface area (Å²) >= 11 is 0. The zero-order chi connectivity index (χ0) is 22.7. The number of fused-ring (bicyclic) bond motifs is 1. The van der Waals surface area contributed by atoms with Crippen molar-refractivity contribution in [1.29, 1.82) is 0 Å². The van der Waals surface area contributed by atoms with Gasteiger partial charge in [-0.3, -0.25) is 9.69 Å². The zero-order valence-corrected chi connectivity index (χ0v) is 19.6. The molecule has 2 fully saturated rings. The van der Waals surface area contributed by atoms with E-state index in [4.69, 9.17) is 4.98 Å². The second-order valence-electron chi connectivity index (χ2n) is 9.47. The Labute approximate surface area is 190 Å². The number of carbonyl (C=O) groups is 2. The molecular weight excluding hydrogens is 404 g/mol. The van der Waals surface area contributed by atoms with Gasteiger partial charge in [0.2, 0.25) is 0 Å². The Kier molecular flexibility index (Phi) is 6.98. The summed E-state index contributed by atoms with van der Waals surface area (Å²) in [5.41, 5.74) is 2.49. The lowest BCUT2D eigenvalue weighted by molar-refractivity contribution is 0.0943. The van der Waals surface area contributed by atoms with Crippen LogP contribution in [-0.2, 0) is 13.6 Å². The Morgan fingerprint density at radius 3 is 2.50 bits per heavy atom. The number of carbonyl (C=O) groups excluding carboxylic acids is 2. The van der Waals surface area contributed by atoms with Crippen LogP contribution in [0.2, 0.25) is 0 Å².